The number of ether oxygens (including phenoxy) is 1. The lowest BCUT2D eigenvalue weighted by Crippen LogP contribution is -2.54. The number of anilines is 1. The number of piperazine rings is 1. The van der Waals surface area contributed by atoms with Crippen LogP contribution < -0.4 is 4.90 Å². The highest BCUT2D eigenvalue weighted by Gasteiger charge is 2.26. The van der Waals surface area contributed by atoms with Crippen LogP contribution in [0.15, 0.2) is 18.3 Å². The van der Waals surface area contributed by atoms with Crippen molar-refractivity contribution >= 4 is 11.7 Å². The second-order valence-corrected chi connectivity index (χ2v) is 5.37. The summed E-state index contributed by atoms with van der Waals surface area (Å²) in [5, 5.41) is 8.77. The molecule has 0 bridgehead atoms. The number of pyridine rings is 1. The van der Waals surface area contributed by atoms with Crippen LogP contribution in [0.5, 0.6) is 0 Å². The van der Waals surface area contributed by atoms with Gasteiger partial charge in [-0.25, -0.2) is 9.78 Å². The molecule has 0 N–H and O–H groups in total. The largest absolute Gasteiger partial charge is 0.378 e. The highest BCUT2D eigenvalue weighted by Crippen LogP contribution is 2.16. The Bertz CT molecular complexity index is 554. The Balaban J connectivity index is 1.55. The van der Waals surface area contributed by atoms with E-state index in [4.69, 9.17) is 10.00 Å². The monoisotopic (exact) mass is 301 g/mol. The second-order valence-electron chi connectivity index (χ2n) is 5.37. The normalized spacial score (nSPS) is 19.0. The number of hydrogen-bond donors (Lipinski definition) is 0. The van der Waals surface area contributed by atoms with E-state index in [0.717, 1.165) is 18.8 Å². The van der Waals surface area contributed by atoms with E-state index >= 15 is 0 Å². The fraction of sp³-hybridized carbons (Fsp3) is 0.533. The highest BCUT2D eigenvalue weighted by molar-refractivity contribution is 5.75. The standard InChI is InChI=1S/C15H19N5O2/c16-11-13-1-2-14(12-17-13)18-3-5-19(6-4-18)15(21)20-7-9-22-10-8-20/h1-2,12H,3-10H2. The number of carbonyl (C=O) groups is 1. The first kappa shape index (κ1) is 14.6. The van der Waals surface area contributed by atoms with Crippen LogP contribution in [-0.2, 0) is 4.74 Å². The fourth-order valence-corrected chi connectivity index (χ4v) is 2.75. The van der Waals surface area contributed by atoms with Gasteiger partial charge >= 0.3 is 6.03 Å². The van der Waals surface area contributed by atoms with E-state index in [1.807, 2.05) is 21.9 Å². The van der Waals surface area contributed by atoms with Gasteiger partial charge in [0.2, 0.25) is 0 Å². The molecule has 0 unspecified atom stereocenters. The summed E-state index contributed by atoms with van der Waals surface area (Å²) in [5.74, 6) is 0. The molecule has 0 aromatic carbocycles. The van der Waals surface area contributed by atoms with E-state index in [1.54, 1.807) is 12.3 Å². The number of nitrogens with zero attached hydrogens (tertiary/aromatic N) is 5. The van der Waals surface area contributed by atoms with Crippen molar-refractivity contribution in [3.8, 4) is 6.07 Å². The minimum absolute atomic E-state index is 0.112. The van der Waals surface area contributed by atoms with Crippen LogP contribution in [0.25, 0.3) is 0 Å². The van der Waals surface area contributed by atoms with E-state index in [-0.39, 0.29) is 6.03 Å². The highest BCUT2D eigenvalue weighted by atomic mass is 16.5. The Morgan fingerprint density at radius 1 is 1.09 bits per heavy atom. The summed E-state index contributed by atoms with van der Waals surface area (Å²) < 4.78 is 5.28. The third kappa shape index (κ3) is 3.12. The predicted molar refractivity (Wildman–Crippen MR) is 80.5 cm³/mol. The molecule has 116 valence electrons. The lowest BCUT2D eigenvalue weighted by molar-refractivity contribution is 0.0428. The Kier molecular flexibility index (Phi) is 4.39. The van der Waals surface area contributed by atoms with Crippen LogP contribution in [0, 0.1) is 11.3 Å². The first-order chi connectivity index (χ1) is 10.8. The van der Waals surface area contributed by atoms with Gasteiger partial charge < -0.3 is 19.4 Å². The molecule has 0 spiro atoms. The van der Waals surface area contributed by atoms with Crippen molar-refractivity contribution in [3.63, 3.8) is 0 Å². The molecule has 2 fully saturated rings. The molecular weight excluding hydrogens is 282 g/mol. The Labute approximate surface area is 129 Å². The van der Waals surface area contributed by atoms with Crippen molar-refractivity contribution in [1.82, 2.24) is 14.8 Å². The number of rotatable bonds is 1. The lowest BCUT2D eigenvalue weighted by Gasteiger charge is -2.39. The Hall–Kier alpha value is -2.33. The fourth-order valence-electron chi connectivity index (χ4n) is 2.75. The molecule has 3 rings (SSSR count). The van der Waals surface area contributed by atoms with Gasteiger partial charge in [0.15, 0.2) is 0 Å². The van der Waals surface area contributed by atoms with Gasteiger partial charge in [0.1, 0.15) is 11.8 Å². The Morgan fingerprint density at radius 2 is 1.77 bits per heavy atom. The minimum Gasteiger partial charge on any atom is -0.378 e. The van der Waals surface area contributed by atoms with Gasteiger partial charge in [-0.2, -0.15) is 5.26 Å². The molecule has 3 heterocycles. The van der Waals surface area contributed by atoms with Crippen LogP contribution >= 0.6 is 0 Å². The number of urea groups is 1. The molecule has 22 heavy (non-hydrogen) atoms. The predicted octanol–water partition coefficient (Wildman–Crippen LogP) is 0.527. The third-order valence-electron chi connectivity index (χ3n) is 4.06. The number of nitriles is 1. The van der Waals surface area contributed by atoms with Gasteiger partial charge in [0, 0.05) is 39.3 Å². The molecule has 2 aliphatic heterocycles. The summed E-state index contributed by atoms with van der Waals surface area (Å²) in [6.07, 6.45) is 1.72. The van der Waals surface area contributed by atoms with Crippen LogP contribution in [0.2, 0.25) is 0 Å². The van der Waals surface area contributed by atoms with Gasteiger partial charge in [-0.05, 0) is 12.1 Å². The summed E-state index contributed by atoms with van der Waals surface area (Å²) in [6.45, 7) is 5.59. The zero-order valence-electron chi connectivity index (χ0n) is 12.4. The molecule has 0 aliphatic carbocycles. The minimum atomic E-state index is 0.112. The van der Waals surface area contributed by atoms with Gasteiger partial charge in [-0.1, -0.05) is 0 Å². The van der Waals surface area contributed by atoms with Gasteiger partial charge in [0.05, 0.1) is 25.1 Å². The summed E-state index contributed by atoms with van der Waals surface area (Å²) in [7, 11) is 0. The van der Waals surface area contributed by atoms with E-state index in [9.17, 15) is 4.79 Å². The van der Waals surface area contributed by atoms with E-state index in [2.05, 4.69) is 9.88 Å². The first-order valence-corrected chi connectivity index (χ1v) is 7.50. The van der Waals surface area contributed by atoms with Crippen molar-refractivity contribution in [2.24, 2.45) is 0 Å². The van der Waals surface area contributed by atoms with E-state index in [0.29, 0.717) is 45.1 Å². The molecule has 0 saturated carbocycles. The number of morpholine rings is 1. The van der Waals surface area contributed by atoms with Crippen LogP contribution in [0.3, 0.4) is 0 Å². The van der Waals surface area contributed by atoms with Gasteiger partial charge in [-0.15, -0.1) is 0 Å². The number of hydrogen-bond acceptors (Lipinski definition) is 5. The van der Waals surface area contributed by atoms with Crippen molar-refractivity contribution in [2.75, 3.05) is 57.4 Å². The molecule has 2 aliphatic rings. The average Bonchev–Trinajstić information content (AvgIpc) is 2.62. The maximum Gasteiger partial charge on any atom is 0.320 e. The summed E-state index contributed by atoms with van der Waals surface area (Å²) >= 11 is 0. The lowest BCUT2D eigenvalue weighted by atomic mass is 10.2. The van der Waals surface area contributed by atoms with Crippen molar-refractivity contribution in [1.29, 1.82) is 5.26 Å². The molecule has 0 radical (unpaired) electrons. The average molecular weight is 301 g/mol. The number of amides is 2. The van der Waals surface area contributed by atoms with E-state index in [1.165, 1.54) is 0 Å². The van der Waals surface area contributed by atoms with Crippen molar-refractivity contribution in [2.45, 2.75) is 0 Å². The molecule has 2 amide bonds. The molecular formula is C15H19N5O2. The molecule has 1 aromatic rings. The maximum absolute atomic E-state index is 12.4. The quantitative estimate of drug-likeness (QED) is 0.756. The van der Waals surface area contributed by atoms with Gasteiger partial charge in [-0.3, -0.25) is 0 Å². The van der Waals surface area contributed by atoms with Crippen molar-refractivity contribution in [3.05, 3.63) is 24.0 Å². The van der Waals surface area contributed by atoms with Crippen LogP contribution in [-0.4, -0.2) is 73.3 Å². The molecule has 1 aromatic heterocycles. The smallest absolute Gasteiger partial charge is 0.320 e. The third-order valence-corrected chi connectivity index (χ3v) is 4.06. The van der Waals surface area contributed by atoms with Crippen LogP contribution in [0.1, 0.15) is 5.69 Å². The second kappa shape index (κ2) is 6.62. The zero-order valence-corrected chi connectivity index (χ0v) is 12.4. The number of carbonyl (C=O) groups excluding carboxylic acids is 1. The summed E-state index contributed by atoms with van der Waals surface area (Å²) in [4.78, 5) is 22.5. The maximum atomic E-state index is 12.4. The van der Waals surface area contributed by atoms with Gasteiger partial charge in [0.25, 0.3) is 0 Å². The van der Waals surface area contributed by atoms with Crippen molar-refractivity contribution < 1.29 is 9.53 Å². The topological polar surface area (TPSA) is 72.7 Å². The van der Waals surface area contributed by atoms with Crippen LogP contribution in [0.4, 0.5) is 10.5 Å². The first-order valence-electron chi connectivity index (χ1n) is 7.50. The molecule has 7 heteroatoms. The zero-order chi connectivity index (χ0) is 15.4. The molecule has 2 saturated heterocycles. The van der Waals surface area contributed by atoms with E-state index < -0.39 is 0 Å². The summed E-state index contributed by atoms with van der Waals surface area (Å²) in [6, 6.07) is 5.76. The number of aromatic nitrogens is 1. The Morgan fingerprint density at radius 3 is 2.36 bits per heavy atom. The summed E-state index contributed by atoms with van der Waals surface area (Å²) in [5.41, 5.74) is 1.42. The molecule has 0 atom stereocenters. The SMILES string of the molecule is N#Cc1ccc(N2CCN(C(=O)N3CCOCC3)CC2)cn1. The molecule has 7 nitrogen and oxygen atoms in total.